The van der Waals surface area contributed by atoms with Gasteiger partial charge in [0.05, 0.1) is 0 Å². The number of unbranched alkanes of at least 4 members (excludes halogenated alkanes) is 6. The molecule has 0 aliphatic heterocycles. The molecule has 0 heteroatoms. The lowest BCUT2D eigenvalue weighted by Gasteiger charge is -2.04. The summed E-state index contributed by atoms with van der Waals surface area (Å²) in [7, 11) is 0. The number of hydrogen-bond acceptors (Lipinski definition) is 0. The molecular weight excluding hydrogens is 228 g/mol. The summed E-state index contributed by atoms with van der Waals surface area (Å²) in [6.07, 6.45) is 19.0. The molecule has 0 bridgehead atoms. The third-order valence-electron chi connectivity index (χ3n) is 3.61. The highest BCUT2D eigenvalue weighted by atomic mass is 14.0. The van der Waals surface area contributed by atoms with Crippen LogP contribution >= 0.6 is 0 Å². The summed E-state index contributed by atoms with van der Waals surface area (Å²) in [6, 6.07) is 9.18. The second-order valence-electron chi connectivity index (χ2n) is 5.36. The molecule has 103 valence electrons. The van der Waals surface area contributed by atoms with Crippen LogP contribution in [0.25, 0.3) is 0 Å². The minimum absolute atomic E-state index is 0.816. The standard InChI is InChI=1S/C19H27/c1-3-5-7-9-11-13-19-16-14-18(15-17-19)12-10-8-6-4-2/h14-17H,4-13H2,2H3. The lowest BCUT2D eigenvalue weighted by molar-refractivity contribution is 0.666. The van der Waals surface area contributed by atoms with Crippen LogP contribution in [0.15, 0.2) is 24.3 Å². The quantitative estimate of drug-likeness (QED) is 0.382. The molecule has 19 heavy (non-hydrogen) atoms. The van der Waals surface area contributed by atoms with Gasteiger partial charge in [-0.1, -0.05) is 62.8 Å². The maximum Gasteiger partial charge on any atom is 0.00989 e. The fraction of sp³-hybridized carbons (Fsp3) is 0.579. The van der Waals surface area contributed by atoms with E-state index in [1.54, 1.807) is 0 Å². The molecule has 0 aromatic heterocycles. The Labute approximate surface area is 119 Å². The Hall–Kier alpha value is -1.22. The average molecular weight is 255 g/mol. The lowest BCUT2D eigenvalue weighted by Crippen LogP contribution is -1.89. The van der Waals surface area contributed by atoms with Gasteiger partial charge in [-0.3, -0.25) is 0 Å². The van der Waals surface area contributed by atoms with Gasteiger partial charge in [0.25, 0.3) is 0 Å². The zero-order valence-electron chi connectivity index (χ0n) is 12.4. The molecule has 0 aliphatic rings. The molecule has 0 atom stereocenters. The largest absolute Gasteiger partial charge is 0.0891 e. The molecule has 0 aliphatic carbocycles. The molecule has 1 radical (unpaired) electrons. The number of aryl methyl sites for hydroxylation is 2. The van der Waals surface area contributed by atoms with Crippen LogP contribution in [0, 0.1) is 12.3 Å². The van der Waals surface area contributed by atoms with E-state index in [1.165, 1.54) is 62.5 Å². The van der Waals surface area contributed by atoms with Gasteiger partial charge in [0.1, 0.15) is 0 Å². The predicted molar refractivity (Wildman–Crippen MR) is 83.6 cm³/mol. The molecular formula is C19H27. The average Bonchev–Trinajstić information content (AvgIpc) is 2.45. The van der Waals surface area contributed by atoms with Gasteiger partial charge in [0.2, 0.25) is 0 Å². The highest BCUT2D eigenvalue weighted by Crippen LogP contribution is 2.12. The molecule has 0 saturated carbocycles. The van der Waals surface area contributed by atoms with Crippen LogP contribution in [-0.4, -0.2) is 0 Å². The van der Waals surface area contributed by atoms with E-state index in [2.05, 4.69) is 37.1 Å². The molecule has 0 unspecified atom stereocenters. The zero-order valence-corrected chi connectivity index (χ0v) is 12.4. The van der Waals surface area contributed by atoms with Crippen molar-refractivity contribution in [1.29, 1.82) is 0 Å². The maximum absolute atomic E-state index is 6.86. The van der Waals surface area contributed by atoms with Gasteiger partial charge in [-0.2, -0.15) is 0 Å². The van der Waals surface area contributed by atoms with Crippen molar-refractivity contribution >= 4 is 0 Å². The van der Waals surface area contributed by atoms with Crippen molar-refractivity contribution in [2.75, 3.05) is 0 Å². The van der Waals surface area contributed by atoms with E-state index >= 15 is 0 Å². The van der Waals surface area contributed by atoms with Gasteiger partial charge in [0.15, 0.2) is 0 Å². The molecule has 1 rings (SSSR count). The first-order valence-corrected chi connectivity index (χ1v) is 7.84. The smallest absolute Gasteiger partial charge is 0.00989 e. The molecule has 0 nitrogen and oxygen atoms in total. The van der Waals surface area contributed by atoms with Crippen molar-refractivity contribution in [3.05, 3.63) is 41.8 Å². The minimum Gasteiger partial charge on any atom is -0.0891 e. The van der Waals surface area contributed by atoms with Gasteiger partial charge in [-0.05, 0) is 49.7 Å². The maximum atomic E-state index is 6.86. The summed E-state index contributed by atoms with van der Waals surface area (Å²) in [6.45, 7) is 2.26. The number of rotatable bonds is 10. The second kappa shape index (κ2) is 10.7. The first-order valence-electron chi connectivity index (χ1n) is 7.84. The molecule has 0 amide bonds. The molecule has 1 aromatic carbocycles. The zero-order chi connectivity index (χ0) is 13.8. The van der Waals surface area contributed by atoms with Gasteiger partial charge >= 0.3 is 0 Å². The van der Waals surface area contributed by atoms with Crippen molar-refractivity contribution in [1.82, 2.24) is 0 Å². The van der Waals surface area contributed by atoms with Gasteiger partial charge in [-0.15, -0.1) is 0 Å². The Morgan fingerprint density at radius 3 is 1.79 bits per heavy atom. The van der Waals surface area contributed by atoms with E-state index in [-0.39, 0.29) is 0 Å². The van der Waals surface area contributed by atoms with Gasteiger partial charge in [0, 0.05) is 6.42 Å². The molecule has 0 spiro atoms. The Morgan fingerprint density at radius 1 is 0.789 bits per heavy atom. The van der Waals surface area contributed by atoms with Gasteiger partial charge in [-0.25, -0.2) is 0 Å². The Bertz CT molecular complexity index is 353. The summed E-state index contributed by atoms with van der Waals surface area (Å²) in [4.78, 5) is 0. The Kier molecular flexibility index (Phi) is 8.90. The van der Waals surface area contributed by atoms with Crippen molar-refractivity contribution in [2.24, 2.45) is 0 Å². The summed E-state index contributed by atoms with van der Waals surface area (Å²) in [5, 5.41) is 0. The van der Waals surface area contributed by atoms with Crippen LogP contribution in [0.4, 0.5) is 0 Å². The first kappa shape index (κ1) is 15.8. The van der Waals surface area contributed by atoms with Crippen molar-refractivity contribution < 1.29 is 0 Å². The summed E-state index contributed by atoms with van der Waals surface area (Å²) in [5.41, 5.74) is 2.94. The number of benzene rings is 1. The minimum atomic E-state index is 0.816. The third-order valence-corrected chi connectivity index (χ3v) is 3.61. The highest BCUT2D eigenvalue weighted by molar-refractivity contribution is 5.22. The number of hydrogen-bond donors (Lipinski definition) is 0. The summed E-state index contributed by atoms with van der Waals surface area (Å²) in [5.74, 6) is 2.45. The SMILES string of the molecule is [C]#CCCCCCc1ccc(CCCCCC)cc1. The molecule has 0 fully saturated rings. The Balaban J connectivity index is 2.18. The van der Waals surface area contributed by atoms with Crippen molar-refractivity contribution in [3.8, 4) is 5.92 Å². The first-order chi connectivity index (χ1) is 9.36. The van der Waals surface area contributed by atoms with Crippen LogP contribution in [-0.2, 0) is 12.8 Å². The fourth-order valence-corrected chi connectivity index (χ4v) is 2.35. The Morgan fingerprint density at radius 2 is 1.32 bits per heavy atom. The summed E-state index contributed by atoms with van der Waals surface area (Å²) >= 11 is 0. The molecule has 0 heterocycles. The monoisotopic (exact) mass is 255 g/mol. The molecule has 1 aromatic rings. The van der Waals surface area contributed by atoms with E-state index in [1.807, 2.05) is 0 Å². The molecule has 0 saturated heterocycles. The van der Waals surface area contributed by atoms with E-state index in [9.17, 15) is 0 Å². The fourth-order valence-electron chi connectivity index (χ4n) is 2.35. The van der Waals surface area contributed by atoms with Crippen LogP contribution < -0.4 is 0 Å². The van der Waals surface area contributed by atoms with Crippen molar-refractivity contribution in [2.45, 2.75) is 71.1 Å². The lowest BCUT2D eigenvalue weighted by atomic mass is 10.0. The molecule has 0 N–H and O–H groups in total. The van der Waals surface area contributed by atoms with E-state index in [0.717, 1.165) is 12.8 Å². The van der Waals surface area contributed by atoms with E-state index in [0.29, 0.717) is 0 Å². The third kappa shape index (κ3) is 7.73. The second-order valence-corrected chi connectivity index (χ2v) is 5.36. The summed E-state index contributed by atoms with van der Waals surface area (Å²) < 4.78 is 0. The van der Waals surface area contributed by atoms with Crippen LogP contribution in [0.5, 0.6) is 0 Å². The predicted octanol–water partition coefficient (Wildman–Crippen LogP) is 5.50. The highest BCUT2D eigenvalue weighted by Gasteiger charge is 1.96. The normalized spacial score (nSPS) is 10.3. The van der Waals surface area contributed by atoms with Crippen LogP contribution in [0.3, 0.4) is 0 Å². The van der Waals surface area contributed by atoms with Crippen molar-refractivity contribution in [3.63, 3.8) is 0 Å². The van der Waals surface area contributed by atoms with Gasteiger partial charge < -0.3 is 0 Å². The van der Waals surface area contributed by atoms with Crippen LogP contribution in [0.2, 0.25) is 0 Å². The van der Waals surface area contributed by atoms with E-state index in [4.69, 9.17) is 6.42 Å². The van der Waals surface area contributed by atoms with Crippen LogP contribution in [0.1, 0.15) is 69.4 Å². The van der Waals surface area contributed by atoms with E-state index < -0.39 is 0 Å². The topological polar surface area (TPSA) is 0 Å².